The second kappa shape index (κ2) is 13.0. The van der Waals surface area contributed by atoms with Gasteiger partial charge in [-0.3, -0.25) is 0 Å². The van der Waals surface area contributed by atoms with Gasteiger partial charge in [-0.05, 0) is 76.4 Å². The third kappa shape index (κ3) is 10.7. The van der Waals surface area contributed by atoms with Gasteiger partial charge in [0.25, 0.3) is 0 Å². The molecule has 0 saturated carbocycles. The topological polar surface area (TPSA) is 57.6 Å². The standard InChI is InChI=1S/C13H21N.C7H8O3S.C4H8/c1-5-10-14(6-2)13-9-7-8-11(3)12(13)4;1-11(9,10)7-4-2-3-6(8)5-7;1-4(2)3/h7-9H,5-6,10H2,1-4H3;2-5,8H,1H3;1H2,2-3H3. The summed E-state index contributed by atoms with van der Waals surface area (Å²) in [5.41, 5.74) is 5.37. The molecule has 5 heteroatoms. The highest BCUT2D eigenvalue weighted by Gasteiger charge is 2.07. The number of hydrogen-bond donors (Lipinski definition) is 1. The highest BCUT2D eigenvalue weighted by molar-refractivity contribution is 7.90. The van der Waals surface area contributed by atoms with Crippen LogP contribution in [0.15, 0.2) is 59.5 Å². The highest BCUT2D eigenvalue weighted by atomic mass is 32.2. The van der Waals surface area contributed by atoms with Crippen LogP contribution >= 0.6 is 0 Å². The first-order valence-corrected chi connectivity index (χ1v) is 11.7. The Bertz CT molecular complexity index is 869. The highest BCUT2D eigenvalue weighted by Crippen LogP contribution is 2.22. The lowest BCUT2D eigenvalue weighted by Crippen LogP contribution is -2.24. The fourth-order valence-electron chi connectivity index (χ4n) is 2.51. The van der Waals surface area contributed by atoms with Gasteiger partial charge in [0.15, 0.2) is 9.84 Å². The maximum atomic E-state index is 10.9. The Balaban J connectivity index is 0.000000466. The summed E-state index contributed by atoms with van der Waals surface area (Å²) in [5, 5.41) is 8.91. The maximum Gasteiger partial charge on any atom is 0.175 e. The van der Waals surface area contributed by atoms with E-state index in [1.807, 2.05) is 13.8 Å². The van der Waals surface area contributed by atoms with Crippen molar-refractivity contribution in [3.8, 4) is 5.75 Å². The van der Waals surface area contributed by atoms with Crippen LogP contribution in [0.1, 0.15) is 45.2 Å². The van der Waals surface area contributed by atoms with Crippen molar-refractivity contribution in [2.75, 3.05) is 24.2 Å². The lowest BCUT2D eigenvalue weighted by Gasteiger charge is -2.25. The smallest absolute Gasteiger partial charge is 0.175 e. The number of allylic oxidation sites excluding steroid dienone is 1. The third-order valence-corrected chi connectivity index (χ3v) is 5.15. The summed E-state index contributed by atoms with van der Waals surface area (Å²) in [6.45, 7) is 18.6. The average Bonchev–Trinajstić information content (AvgIpc) is 2.62. The van der Waals surface area contributed by atoms with E-state index in [0.717, 1.165) is 19.3 Å². The molecule has 1 N–H and O–H groups in total. The summed E-state index contributed by atoms with van der Waals surface area (Å²) in [4.78, 5) is 2.58. The molecule has 0 saturated heterocycles. The van der Waals surface area contributed by atoms with Gasteiger partial charge < -0.3 is 10.0 Å². The molecule has 0 amide bonds. The SMILES string of the molecule is C=C(C)C.CCCN(CC)c1cccc(C)c1C.CS(=O)(=O)c1cccc(O)c1. The molecule has 0 unspecified atom stereocenters. The number of hydrogen-bond acceptors (Lipinski definition) is 4. The molecule has 0 aliphatic carbocycles. The first-order chi connectivity index (χ1) is 13.4. The molecule has 0 aromatic heterocycles. The fraction of sp³-hybridized carbons (Fsp3) is 0.417. The lowest BCUT2D eigenvalue weighted by molar-refractivity contribution is 0.473. The molecule has 0 spiro atoms. The van der Waals surface area contributed by atoms with Gasteiger partial charge in [-0.15, -0.1) is 6.58 Å². The van der Waals surface area contributed by atoms with E-state index < -0.39 is 9.84 Å². The van der Waals surface area contributed by atoms with Gasteiger partial charge in [-0.2, -0.15) is 0 Å². The Kier molecular flexibility index (Phi) is 12.0. The number of aromatic hydroxyl groups is 1. The molecule has 2 rings (SSSR count). The molecular weight excluding hydrogens is 382 g/mol. The van der Waals surface area contributed by atoms with Crippen molar-refractivity contribution >= 4 is 15.5 Å². The Morgan fingerprint density at radius 2 is 1.62 bits per heavy atom. The molecule has 0 fully saturated rings. The lowest BCUT2D eigenvalue weighted by atomic mass is 10.1. The van der Waals surface area contributed by atoms with Crippen molar-refractivity contribution in [2.24, 2.45) is 0 Å². The van der Waals surface area contributed by atoms with E-state index in [-0.39, 0.29) is 10.6 Å². The van der Waals surface area contributed by atoms with Crippen LogP contribution in [0.5, 0.6) is 5.75 Å². The summed E-state index contributed by atoms with van der Waals surface area (Å²) < 4.78 is 21.7. The second-order valence-corrected chi connectivity index (χ2v) is 9.29. The van der Waals surface area contributed by atoms with Crippen LogP contribution < -0.4 is 4.90 Å². The Hall–Kier alpha value is -2.27. The fourth-order valence-corrected chi connectivity index (χ4v) is 3.17. The number of anilines is 1. The minimum atomic E-state index is -3.19. The molecular formula is C24H37NO3S. The summed E-state index contributed by atoms with van der Waals surface area (Å²) in [6.07, 6.45) is 2.31. The van der Waals surface area contributed by atoms with E-state index in [9.17, 15) is 8.42 Å². The average molecular weight is 420 g/mol. The first-order valence-electron chi connectivity index (χ1n) is 9.86. The van der Waals surface area contributed by atoms with Gasteiger partial charge in [-0.1, -0.05) is 30.7 Å². The molecule has 2 aromatic rings. The van der Waals surface area contributed by atoms with Crippen LogP contribution in [-0.2, 0) is 9.84 Å². The second-order valence-electron chi connectivity index (χ2n) is 7.28. The Morgan fingerprint density at radius 1 is 1.07 bits per heavy atom. The van der Waals surface area contributed by atoms with Gasteiger partial charge in [0.05, 0.1) is 4.90 Å². The van der Waals surface area contributed by atoms with Crippen LogP contribution in [-0.4, -0.2) is 32.9 Å². The van der Waals surface area contributed by atoms with Crippen LogP contribution in [0.4, 0.5) is 5.69 Å². The minimum Gasteiger partial charge on any atom is -0.508 e. The van der Waals surface area contributed by atoms with Gasteiger partial charge in [0.1, 0.15) is 5.75 Å². The van der Waals surface area contributed by atoms with Crippen molar-refractivity contribution in [1.82, 2.24) is 0 Å². The zero-order valence-corrected chi connectivity index (χ0v) is 19.8. The van der Waals surface area contributed by atoms with Crippen molar-refractivity contribution in [3.63, 3.8) is 0 Å². The molecule has 0 heterocycles. The molecule has 162 valence electrons. The van der Waals surface area contributed by atoms with E-state index in [2.05, 4.69) is 57.4 Å². The van der Waals surface area contributed by atoms with E-state index in [1.54, 1.807) is 0 Å². The Labute approximate surface area is 177 Å². The molecule has 2 aromatic carbocycles. The third-order valence-electron chi connectivity index (χ3n) is 4.04. The monoisotopic (exact) mass is 419 g/mol. The zero-order chi connectivity index (χ0) is 22.6. The summed E-state index contributed by atoms with van der Waals surface area (Å²) in [7, 11) is -3.19. The van der Waals surface area contributed by atoms with Gasteiger partial charge in [0, 0.05) is 25.0 Å². The van der Waals surface area contributed by atoms with E-state index in [4.69, 9.17) is 5.11 Å². The zero-order valence-electron chi connectivity index (χ0n) is 19.0. The molecule has 4 nitrogen and oxygen atoms in total. The number of phenolic OH excluding ortho intramolecular Hbond substituents is 1. The molecule has 0 radical (unpaired) electrons. The van der Waals surface area contributed by atoms with E-state index >= 15 is 0 Å². The molecule has 0 bridgehead atoms. The van der Waals surface area contributed by atoms with Crippen LogP contribution in [0, 0.1) is 13.8 Å². The van der Waals surface area contributed by atoms with Crippen molar-refractivity contribution in [2.45, 2.75) is 52.9 Å². The first kappa shape index (κ1) is 26.7. The predicted octanol–water partition coefficient (Wildman–Crippen LogP) is 5.92. The molecule has 0 aliphatic rings. The van der Waals surface area contributed by atoms with Gasteiger partial charge >= 0.3 is 0 Å². The molecule has 29 heavy (non-hydrogen) atoms. The van der Waals surface area contributed by atoms with Crippen molar-refractivity contribution < 1.29 is 13.5 Å². The summed E-state index contributed by atoms with van der Waals surface area (Å²) >= 11 is 0. The molecule has 0 atom stereocenters. The van der Waals surface area contributed by atoms with Crippen LogP contribution in [0.3, 0.4) is 0 Å². The largest absolute Gasteiger partial charge is 0.508 e. The Morgan fingerprint density at radius 3 is 2.03 bits per heavy atom. The van der Waals surface area contributed by atoms with Gasteiger partial charge in [0.2, 0.25) is 0 Å². The van der Waals surface area contributed by atoms with Gasteiger partial charge in [-0.25, -0.2) is 8.42 Å². The molecule has 0 aliphatic heterocycles. The number of rotatable bonds is 5. The predicted molar refractivity (Wildman–Crippen MR) is 126 cm³/mol. The number of aryl methyl sites for hydroxylation is 1. The number of sulfone groups is 1. The summed E-state index contributed by atoms with van der Waals surface area (Å²) in [6, 6.07) is 12.1. The number of benzene rings is 2. The van der Waals surface area contributed by atoms with Crippen molar-refractivity contribution in [3.05, 3.63) is 65.7 Å². The van der Waals surface area contributed by atoms with E-state index in [1.165, 1.54) is 53.1 Å². The minimum absolute atomic E-state index is 0.0343. The quantitative estimate of drug-likeness (QED) is 0.611. The normalized spacial score (nSPS) is 10.2. The van der Waals surface area contributed by atoms with Crippen LogP contribution in [0.2, 0.25) is 0 Å². The number of phenols is 1. The van der Waals surface area contributed by atoms with Crippen LogP contribution in [0.25, 0.3) is 0 Å². The maximum absolute atomic E-state index is 10.9. The summed E-state index contributed by atoms with van der Waals surface area (Å²) in [5.74, 6) is -0.0343. The van der Waals surface area contributed by atoms with Crippen molar-refractivity contribution in [1.29, 1.82) is 0 Å². The number of nitrogens with zero attached hydrogens (tertiary/aromatic N) is 1. The van der Waals surface area contributed by atoms with E-state index in [0.29, 0.717) is 0 Å².